The third kappa shape index (κ3) is 3.96. The number of thioether (sulfide) groups is 1. The van der Waals surface area contributed by atoms with Crippen molar-refractivity contribution in [1.82, 2.24) is 0 Å². The first-order valence-corrected chi connectivity index (χ1v) is 5.99. The maximum absolute atomic E-state index is 12.7. The number of aliphatic carboxylic acids is 1. The third-order valence-electron chi connectivity index (χ3n) is 2.29. The van der Waals surface area contributed by atoms with E-state index >= 15 is 0 Å². The second-order valence-corrected chi connectivity index (χ2v) is 4.34. The number of hydrogen-bond donors (Lipinski definition) is 1. The van der Waals surface area contributed by atoms with Crippen LogP contribution >= 0.6 is 11.8 Å². The average Bonchev–Trinajstić information content (AvgIpc) is 2.24. The minimum absolute atomic E-state index is 0.0160. The molecule has 1 unspecified atom stereocenters. The number of carbonyl (C=O) groups is 1. The van der Waals surface area contributed by atoms with E-state index in [0.29, 0.717) is 0 Å². The quantitative estimate of drug-likeness (QED) is 0.845. The van der Waals surface area contributed by atoms with Crippen LogP contribution in [0.4, 0.5) is 13.2 Å². The number of benzene rings is 1. The van der Waals surface area contributed by atoms with Gasteiger partial charge in [-0.25, -0.2) is 0 Å². The van der Waals surface area contributed by atoms with Crippen LogP contribution in [0.1, 0.15) is 17.9 Å². The molecule has 1 N–H and O–H groups in total. The highest BCUT2D eigenvalue weighted by Crippen LogP contribution is 2.37. The zero-order valence-electron chi connectivity index (χ0n) is 8.99. The standard InChI is InChI=1S/C11H11F3O2S/c1-17-8-4-2-7(3-5-8)9(6-10(15)16)11(12,13)14/h2-5,9H,6H2,1H3,(H,15,16). The summed E-state index contributed by atoms with van der Waals surface area (Å²) in [7, 11) is 0. The van der Waals surface area contributed by atoms with Gasteiger partial charge in [-0.3, -0.25) is 4.79 Å². The summed E-state index contributed by atoms with van der Waals surface area (Å²) in [6.07, 6.45) is -3.67. The molecule has 0 aliphatic heterocycles. The number of carboxylic acids is 1. The predicted molar refractivity (Wildman–Crippen MR) is 59.3 cm³/mol. The minimum atomic E-state index is -4.54. The van der Waals surface area contributed by atoms with Crippen LogP contribution in [-0.4, -0.2) is 23.5 Å². The van der Waals surface area contributed by atoms with Gasteiger partial charge in [0.15, 0.2) is 0 Å². The highest BCUT2D eigenvalue weighted by atomic mass is 32.2. The van der Waals surface area contributed by atoms with Crippen LogP contribution in [0.2, 0.25) is 0 Å². The summed E-state index contributed by atoms with van der Waals surface area (Å²) in [6.45, 7) is 0. The molecule has 1 atom stereocenters. The maximum atomic E-state index is 12.7. The van der Waals surface area contributed by atoms with Crippen molar-refractivity contribution in [2.45, 2.75) is 23.4 Å². The first kappa shape index (κ1) is 13.9. The fourth-order valence-electron chi connectivity index (χ4n) is 1.43. The number of hydrogen-bond acceptors (Lipinski definition) is 2. The molecule has 0 saturated heterocycles. The molecule has 0 fully saturated rings. The highest BCUT2D eigenvalue weighted by Gasteiger charge is 2.41. The van der Waals surface area contributed by atoms with Gasteiger partial charge < -0.3 is 5.11 Å². The molecule has 0 spiro atoms. The lowest BCUT2D eigenvalue weighted by molar-refractivity contribution is -0.163. The van der Waals surface area contributed by atoms with Crippen molar-refractivity contribution < 1.29 is 23.1 Å². The lowest BCUT2D eigenvalue weighted by Gasteiger charge is -2.19. The van der Waals surface area contributed by atoms with Crippen LogP contribution in [0.25, 0.3) is 0 Å². The fourth-order valence-corrected chi connectivity index (χ4v) is 1.84. The summed E-state index contributed by atoms with van der Waals surface area (Å²) in [4.78, 5) is 11.3. The van der Waals surface area contributed by atoms with Gasteiger partial charge in [0.05, 0.1) is 12.3 Å². The lowest BCUT2D eigenvalue weighted by atomic mass is 9.95. The molecule has 2 nitrogen and oxygen atoms in total. The van der Waals surface area contributed by atoms with Crippen LogP contribution in [0.3, 0.4) is 0 Å². The van der Waals surface area contributed by atoms with Gasteiger partial charge in [-0.15, -0.1) is 11.8 Å². The van der Waals surface area contributed by atoms with Crippen LogP contribution in [-0.2, 0) is 4.79 Å². The highest BCUT2D eigenvalue weighted by molar-refractivity contribution is 7.98. The Bertz CT molecular complexity index is 387. The summed E-state index contributed by atoms with van der Waals surface area (Å²) in [6, 6.07) is 5.76. The maximum Gasteiger partial charge on any atom is 0.396 e. The van der Waals surface area contributed by atoms with Crippen molar-refractivity contribution in [3.05, 3.63) is 29.8 Å². The fraction of sp³-hybridized carbons (Fsp3) is 0.364. The van der Waals surface area contributed by atoms with Crippen LogP contribution in [0.15, 0.2) is 29.2 Å². The monoisotopic (exact) mass is 264 g/mol. The van der Waals surface area contributed by atoms with Crippen LogP contribution in [0, 0.1) is 0 Å². The predicted octanol–water partition coefficient (Wildman–Crippen LogP) is 3.53. The average molecular weight is 264 g/mol. The smallest absolute Gasteiger partial charge is 0.396 e. The van der Waals surface area contributed by atoms with Gasteiger partial charge in [0.25, 0.3) is 0 Å². The zero-order valence-corrected chi connectivity index (χ0v) is 9.81. The Morgan fingerprint density at radius 1 is 1.35 bits per heavy atom. The van der Waals surface area contributed by atoms with Gasteiger partial charge in [-0.05, 0) is 24.0 Å². The first-order valence-electron chi connectivity index (χ1n) is 4.77. The normalized spacial score (nSPS) is 13.4. The Morgan fingerprint density at radius 3 is 2.24 bits per heavy atom. The molecule has 0 aliphatic carbocycles. The minimum Gasteiger partial charge on any atom is -0.481 e. The molecule has 6 heteroatoms. The van der Waals surface area contributed by atoms with Gasteiger partial charge in [-0.2, -0.15) is 13.2 Å². The molecule has 17 heavy (non-hydrogen) atoms. The molecule has 0 radical (unpaired) electrons. The molecule has 0 saturated carbocycles. The Kier molecular flexibility index (Phi) is 4.45. The second-order valence-electron chi connectivity index (χ2n) is 3.47. The Hall–Kier alpha value is -1.17. The summed E-state index contributed by atoms with van der Waals surface area (Å²) in [5.41, 5.74) is -0.0160. The molecular weight excluding hydrogens is 253 g/mol. The van der Waals surface area contributed by atoms with Gasteiger partial charge in [0, 0.05) is 4.90 Å². The number of halogens is 3. The van der Waals surface area contributed by atoms with E-state index in [9.17, 15) is 18.0 Å². The van der Waals surface area contributed by atoms with E-state index in [4.69, 9.17) is 5.11 Å². The molecule has 0 aromatic heterocycles. The molecule has 1 aromatic rings. The Labute approximate surface area is 101 Å². The van der Waals surface area contributed by atoms with Gasteiger partial charge in [0.2, 0.25) is 0 Å². The van der Waals surface area contributed by atoms with Gasteiger partial charge in [0.1, 0.15) is 0 Å². The molecule has 1 rings (SSSR count). The van der Waals surface area contributed by atoms with E-state index in [1.165, 1.54) is 23.9 Å². The zero-order chi connectivity index (χ0) is 13.1. The van der Waals surface area contributed by atoms with E-state index in [-0.39, 0.29) is 5.56 Å². The molecule has 0 aliphatic rings. The van der Waals surface area contributed by atoms with E-state index in [1.54, 1.807) is 12.1 Å². The molecule has 1 aromatic carbocycles. The van der Waals surface area contributed by atoms with Crippen molar-refractivity contribution in [3.63, 3.8) is 0 Å². The van der Waals surface area contributed by atoms with Crippen molar-refractivity contribution in [2.24, 2.45) is 0 Å². The Balaban J connectivity index is 3.00. The summed E-state index contributed by atoms with van der Waals surface area (Å²) >= 11 is 1.41. The van der Waals surface area contributed by atoms with E-state index in [2.05, 4.69) is 0 Å². The van der Waals surface area contributed by atoms with E-state index < -0.39 is 24.5 Å². The number of alkyl halides is 3. The summed E-state index contributed by atoms with van der Waals surface area (Å²) < 4.78 is 38.0. The van der Waals surface area contributed by atoms with E-state index in [1.807, 2.05) is 6.26 Å². The topological polar surface area (TPSA) is 37.3 Å². The number of rotatable bonds is 4. The van der Waals surface area contributed by atoms with E-state index in [0.717, 1.165) is 4.90 Å². The SMILES string of the molecule is CSc1ccc(C(CC(=O)O)C(F)(F)F)cc1. The van der Waals surface area contributed by atoms with Crippen LogP contribution in [0.5, 0.6) is 0 Å². The molecule has 0 amide bonds. The number of carboxylic acid groups (broad SMARTS) is 1. The largest absolute Gasteiger partial charge is 0.481 e. The second kappa shape index (κ2) is 5.44. The van der Waals surface area contributed by atoms with Gasteiger partial charge >= 0.3 is 12.1 Å². The molecule has 94 valence electrons. The summed E-state index contributed by atoms with van der Waals surface area (Å²) in [5.74, 6) is -3.41. The van der Waals surface area contributed by atoms with Crippen molar-refractivity contribution in [2.75, 3.05) is 6.26 Å². The molecular formula is C11H11F3O2S. The molecule has 0 heterocycles. The van der Waals surface area contributed by atoms with Crippen LogP contribution < -0.4 is 0 Å². The summed E-state index contributed by atoms with van der Waals surface area (Å²) in [5, 5.41) is 8.51. The first-order chi connectivity index (χ1) is 7.84. The lowest BCUT2D eigenvalue weighted by Crippen LogP contribution is -2.23. The third-order valence-corrected chi connectivity index (χ3v) is 3.04. The van der Waals surface area contributed by atoms with Crippen molar-refractivity contribution in [3.8, 4) is 0 Å². The van der Waals surface area contributed by atoms with Crippen molar-refractivity contribution in [1.29, 1.82) is 0 Å². The Morgan fingerprint density at radius 2 is 1.88 bits per heavy atom. The van der Waals surface area contributed by atoms with Gasteiger partial charge in [-0.1, -0.05) is 12.1 Å². The van der Waals surface area contributed by atoms with Crippen molar-refractivity contribution >= 4 is 17.7 Å². The molecule has 0 bridgehead atoms.